The number of benzene rings is 1. The highest BCUT2D eigenvalue weighted by Gasteiger charge is 2.33. The average Bonchev–Trinajstić information content (AvgIpc) is 3.31. The molecule has 10 heteroatoms. The lowest BCUT2D eigenvalue weighted by molar-refractivity contribution is 0.0948. The molecule has 1 fully saturated rings. The second-order valence-corrected chi connectivity index (χ2v) is 7.64. The largest absolute Gasteiger partial charge is 0.345 e. The zero-order valence-corrected chi connectivity index (χ0v) is 16.7. The first-order valence-electron chi connectivity index (χ1n) is 8.37. The quantitative estimate of drug-likeness (QED) is 0.613. The van der Waals surface area contributed by atoms with E-state index in [9.17, 15) is 4.79 Å². The number of nitrogens with one attached hydrogen (secondary N) is 2. The molecule has 3 aromatic rings. The zero-order valence-electron chi connectivity index (χ0n) is 14.4. The van der Waals surface area contributed by atoms with Crippen LogP contribution in [0.2, 0.25) is 10.0 Å². The predicted molar refractivity (Wildman–Crippen MR) is 105 cm³/mol. The molecular formula is C17H16Cl2N6OS. The van der Waals surface area contributed by atoms with Crippen molar-refractivity contribution in [1.29, 1.82) is 0 Å². The highest BCUT2D eigenvalue weighted by atomic mass is 35.5. The van der Waals surface area contributed by atoms with Gasteiger partial charge in [0.1, 0.15) is 0 Å². The van der Waals surface area contributed by atoms with Gasteiger partial charge in [0.05, 0.1) is 34.7 Å². The molecule has 7 nitrogen and oxygen atoms in total. The van der Waals surface area contributed by atoms with Gasteiger partial charge in [-0.3, -0.25) is 9.89 Å². The van der Waals surface area contributed by atoms with Crippen LogP contribution >= 0.6 is 35.4 Å². The first kappa shape index (κ1) is 18.2. The molecule has 0 bridgehead atoms. The van der Waals surface area contributed by atoms with Crippen molar-refractivity contribution in [2.45, 2.75) is 25.3 Å². The van der Waals surface area contributed by atoms with Crippen molar-refractivity contribution in [2.24, 2.45) is 7.05 Å². The number of aromatic nitrogens is 5. The summed E-state index contributed by atoms with van der Waals surface area (Å²) >= 11 is 17.4. The molecule has 2 aromatic heterocycles. The third kappa shape index (κ3) is 3.52. The first-order valence-corrected chi connectivity index (χ1v) is 9.54. The van der Waals surface area contributed by atoms with Gasteiger partial charge in [-0.25, -0.2) is 4.68 Å². The second kappa shape index (κ2) is 7.10. The van der Waals surface area contributed by atoms with Crippen molar-refractivity contribution in [3.63, 3.8) is 0 Å². The van der Waals surface area contributed by atoms with Gasteiger partial charge in [0, 0.05) is 18.0 Å². The molecule has 0 unspecified atom stereocenters. The fraction of sp³-hybridized carbons (Fsp3) is 0.294. The smallest absolute Gasteiger partial charge is 0.255 e. The number of carbonyl (C=O) groups is 1. The number of halogens is 2. The van der Waals surface area contributed by atoms with E-state index in [1.165, 1.54) is 0 Å². The van der Waals surface area contributed by atoms with Crippen molar-refractivity contribution in [3.05, 3.63) is 56.3 Å². The van der Waals surface area contributed by atoms with Crippen LogP contribution in [0.5, 0.6) is 0 Å². The Kier molecular flexibility index (Phi) is 4.79. The van der Waals surface area contributed by atoms with Crippen LogP contribution in [-0.2, 0) is 13.6 Å². The lowest BCUT2D eigenvalue weighted by Gasteiger charge is -2.11. The van der Waals surface area contributed by atoms with E-state index in [0.29, 0.717) is 37.8 Å². The Balaban J connectivity index is 1.63. The van der Waals surface area contributed by atoms with Crippen molar-refractivity contribution >= 4 is 41.3 Å². The van der Waals surface area contributed by atoms with Crippen LogP contribution in [0.3, 0.4) is 0 Å². The number of amides is 1. The zero-order chi connectivity index (χ0) is 19.1. The van der Waals surface area contributed by atoms with E-state index in [0.717, 1.165) is 18.5 Å². The molecule has 2 heterocycles. The van der Waals surface area contributed by atoms with Gasteiger partial charge in [0.25, 0.3) is 5.91 Å². The summed E-state index contributed by atoms with van der Waals surface area (Å²) in [7, 11) is 1.80. The van der Waals surface area contributed by atoms with Gasteiger partial charge in [0.15, 0.2) is 10.6 Å². The molecule has 4 rings (SSSR count). The van der Waals surface area contributed by atoms with Crippen molar-refractivity contribution in [3.8, 4) is 5.69 Å². The minimum atomic E-state index is -0.206. The molecule has 1 aliphatic rings. The lowest BCUT2D eigenvalue weighted by atomic mass is 10.1. The molecule has 1 aromatic carbocycles. The van der Waals surface area contributed by atoms with Crippen molar-refractivity contribution < 1.29 is 4.79 Å². The Hall–Kier alpha value is -2.16. The van der Waals surface area contributed by atoms with Crippen LogP contribution in [0, 0.1) is 4.77 Å². The van der Waals surface area contributed by atoms with Crippen LogP contribution in [-0.4, -0.2) is 30.5 Å². The molecule has 2 N–H and O–H groups in total. The van der Waals surface area contributed by atoms with Crippen LogP contribution in [0.1, 0.15) is 40.6 Å². The molecule has 0 spiro atoms. The molecule has 1 amide bonds. The standard InChI is InChI=1S/C17H16Cl2N6OS/c1-24-14(22-23-17(24)27)8-20-16(26)11-7-21-25(15(11)9-2-3-9)13-5-4-10(18)6-12(13)19/h4-7,9H,2-3,8H2,1H3,(H,20,26)(H,23,27). The summed E-state index contributed by atoms with van der Waals surface area (Å²) in [5.41, 5.74) is 2.11. The fourth-order valence-electron chi connectivity index (χ4n) is 2.92. The molecule has 0 saturated heterocycles. The van der Waals surface area contributed by atoms with E-state index in [4.69, 9.17) is 35.4 Å². The van der Waals surface area contributed by atoms with Crippen LogP contribution in [0.4, 0.5) is 0 Å². The number of nitrogens with zero attached hydrogens (tertiary/aromatic N) is 4. The summed E-state index contributed by atoms with van der Waals surface area (Å²) in [5.74, 6) is 0.734. The highest BCUT2D eigenvalue weighted by molar-refractivity contribution is 7.71. The number of hydrogen-bond donors (Lipinski definition) is 2. The minimum absolute atomic E-state index is 0.206. The van der Waals surface area contributed by atoms with Gasteiger partial charge in [-0.1, -0.05) is 23.2 Å². The number of rotatable bonds is 5. The van der Waals surface area contributed by atoms with E-state index < -0.39 is 0 Å². The van der Waals surface area contributed by atoms with E-state index >= 15 is 0 Å². The summed E-state index contributed by atoms with van der Waals surface area (Å²) < 4.78 is 3.96. The lowest BCUT2D eigenvalue weighted by Crippen LogP contribution is -2.25. The maximum absolute atomic E-state index is 12.8. The van der Waals surface area contributed by atoms with Gasteiger partial charge in [0.2, 0.25) is 0 Å². The van der Waals surface area contributed by atoms with Gasteiger partial charge < -0.3 is 9.88 Å². The Morgan fingerprint density at radius 1 is 1.41 bits per heavy atom. The summed E-state index contributed by atoms with van der Waals surface area (Å²) in [6.45, 7) is 0.263. The van der Waals surface area contributed by atoms with Gasteiger partial charge in [-0.15, -0.1) is 0 Å². The minimum Gasteiger partial charge on any atom is -0.345 e. The molecule has 0 radical (unpaired) electrons. The van der Waals surface area contributed by atoms with Crippen LogP contribution < -0.4 is 5.32 Å². The molecular weight excluding hydrogens is 407 g/mol. The van der Waals surface area contributed by atoms with E-state index in [2.05, 4.69) is 20.6 Å². The molecule has 140 valence electrons. The topological polar surface area (TPSA) is 80.5 Å². The van der Waals surface area contributed by atoms with E-state index in [-0.39, 0.29) is 12.5 Å². The molecule has 0 aliphatic heterocycles. The average molecular weight is 423 g/mol. The van der Waals surface area contributed by atoms with E-state index in [1.807, 2.05) is 0 Å². The molecule has 0 atom stereocenters. The van der Waals surface area contributed by atoms with Gasteiger partial charge >= 0.3 is 0 Å². The normalized spacial score (nSPS) is 13.7. The summed E-state index contributed by atoms with van der Waals surface area (Å²) in [6, 6.07) is 5.23. The highest BCUT2D eigenvalue weighted by Crippen LogP contribution is 2.43. The number of hydrogen-bond acceptors (Lipinski definition) is 4. The molecule has 1 aliphatic carbocycles. The van der Waals surface area contributed by atoms with Gasteiger partial charge in [-0.2, -0.15) is 10.2 Å². The third-order valence-corrected chi connectivity index (χ3v) is 5.44. The van der Waals surface area contributed by atoms with Crippen molar-refractivity contribution in [2.75, 3.05) is 0 Å². The molecule has 1 saturated carbocycles. The Morgan fingerprint density at radius 3 is 2.81 bits per heavy atom. The first-order chi connectivity index (χ1) is 13.0. The Morgan fingerprint density at radius 2 is 2.19 bits per heavy atom. The van der Waals surface area contributed by atoms with Gasteiger partial charge in [-0.05, 0) is 43.3 Å². The van der Waals surface area contributed by atoms with E-state index in [1.54, 1.807) is 40.7 Å². The predicted octanol–water partition coefficient (Wildman–Crippen LogP) is 3.78. The summed E-state index contributed by atoms with van der Waals surface area (Å²) in [4.78, 5) is 12.8. The number of carbonyl (C=O) groups excluding carboxylic acids is 1. The maximum atomic E-state index is 12.8. The third-order valence-electron chi connectivity index (χ3n) is 4.53. The SMILES string of the molecule is Cn1c(CNC(=O)c2cnn(-c3ccc(Cl)cc3Cl)c2C2CC2)n[nH]c1=S. The summed E-state index contributed by atoms with van der Waals surface area (Å²) in [5, 5.41) is 15.1. The summed E-state index contributed by atoms with van der Waals surface area (Å²) in [6.07, 6.45) is 3.62. The second-order valence-electron chi connectivity index (χ2n) is 6.41. The Bertz CT molecular complexity index is 1080. The fourth-order valence-corrected chi connectivity index (χ4v) is 3.56. The van der Waals surface area contributed by atoms with Crippen LogP contribution in [0.15, 0.2) is 24.4 Å². The van der Waals surface area contributed by atoms with Crippen molar-refractivity contribution in [1.82, 2.24) is 29.9 Å². The maximum Gasteiger partial charge on any atom is 0.255 e. The molecule has 27 heavy (non-hydrogen) atoms. The Labute approximate surface area is 170 Å². The van der Waals surface area contributed by atoms with Crippen LogP contribution in [0.25, 0.3) is 5.69 Å². The number of aromatic amines is 1. The number of H-pyrrole nitrogens is 1. The monoisotopic (exact) mass is 422 g/mol.